The molecule has 0 N–H and O–H groups in total. The van der Waals surface area contributed by atoms with Crippen LogP contribution in [0.4, 0.5) is 9.93 Å². The highest BCUT2D eigenvalue weighted by atomic mass is 32.1. The molecule has 1 fully saturated rings. The summed E-state index contributed by atoms with van der Waals surface area (Å²) in [5, 5.41) is 0.691. The van der Waals surface area contributed by atoms with Gasteiger partial charge in [0, 0.05) is 24.2 Å². The molecule has 0 bridgehead atoms. The smallest absolute Gasteiger partial charge is 0.410 e. The summed E-state index contributed by atoms with van der Waals surface area (Å²) in [5.41, 5.74) is -0.552. The van der Waals surface area contributed by atoms with Gasteiger partial charge in [-0.15, -0.1) is 11.3 Å². The highest BCUT2D eigenvalue weighted by molar-refractivity contribution is 7.15. The number of piperazine rings is 1. The molecule has 0 aromatic carbocycles. The SMILES string of the molecule is Cc1cnc(N2CCN(C(=O)OC(C)(C)C)CC2=O)s1. The van der Waals surface area contributed by atoms with Gasteiger partial charge in [0.15, 0.2) is 5.13 Å². The third-order valence-electron chi connectivity index (χ3n) is 2.71. The summed E-state index contributed by atoms with van der Waals surface area (Å²) >= 11 is 1.48. The first kappa shape index (κ1) is 14.8. The van der Waals surface area contributed by atoms with Crippen LogP contribution in [-0.2, 0) is 9.53 Å². The molecule has 0 atom stereocenters. The molecule has 2 amide bonds. The van der Waals surface area contributed by atoms with Crippen LogP contribution in [0.1, 0.15) is 25.6 Å². The van der Waals surface area contributed by atoms with Crippen LogP contribution >= 0.6 is 11.3 Å². The van der Waals surface area contributed by atoms with Gasteiger partial charge in [-0.3, -0.25) is 14.6 Å². The number of amides is 2. The maximum Gasteiger partial charge on any atom is 0.410 e. The summed E-state index contributed by atoms with van der Waals surface area (Å²) in [6.45, 7) is 8.31. The van der Waals surface area contributed by atoms with Crippen molar-refractivity contribution < 1.29 is 14.3 Å². The zero-order valence-electron chi connectivity index (χ0n) is 12.2. The minimum absolute atomic E-state index is 0.0353. The van der Waals surface area contributed by atoms with E-state index in [9.17, 15) is 9.59 Å². The number of thiazole rings is 1. The van der Waals surface area contributed by atoms with Gasteiger partial charge in [0.25, 0.3) is 0 Å². The Labute approximate surface area is 122 Å². The molecule has 2 rings (SSSR count). The van der Waals surface area contributed by atoms with E-state index >= 15 is 0 Å². The van der Waals surface area contributed by atoms with Crippen LogP contribution in [0.15, 0.2) is 6.20 Å². The van der Waals surface area contributed by atoms with Gasteiger partial charge in [-0.1, -0.05) is 0 Å². The van der Waals surface area contributed by atoms with Crippen molar-refractivity contribution in [2.45, 2.75) is 33.3 Å². The number of aryl methyl sites for hydroxylation is 1. The van der Waals surface area contributed by atoms with Gasteiger partial charge in [-0.05, 0) is 27.7 Å². The van der Waals surface area contributed by atoms with Crippen molar-refractivity contribution in [1.82, 2.24) is 9.88 Å². The molecule has 0 saturated carbocycles. The minimum Gasteiger partial charge on any atom is -0.444 e. The van der Waals surface area contributed by atoms with Crippen LogP contribution in [0.5, 0.6) is 0 Å². The topological polar surface area (TPSA) is 62.7 Å². The Kier molecular flexibility index (Phi) is 3.99. The molecule has 110 valence electrons. The van der Waals surface area contributed by atoms with Gasteiger partial charge in [0.2, 0.25) is 5.91 Å². The molecule has 1 aliphatic rings. The van der Waals surface area contributed by atoms with Crippen LogP contribution in [0.2, 0.25) is 0 Å². The molecule has 0 aliphatic carbocycles. The van der Waals surface area contributed by atoms with Crippen LogP contribution < -0.4 is 4.90 Å². The lowest BCUT2D eigenvalue weighted by Gasteiger charge is -2.33. The molecule has 1 aromatic heterocycles. The molecular weight excluding hydrogens is 278 g/mol. The zero-order chi connectivity index (χ0) is 14.9. The molecule has 7 heteroatoms. The Morgan fingerprint density at radius 3 is 2.60 bits per heavy atom. The van der Waals surface area contributed by atoms with E-state index in [-0.39, 0.29) is 12.5 Å². The van der Waals surface area contributed by atoms with E-state index in [1.54, 1.807) is 31.9 Å². The fourth-order valence-electron chi connectivity index (χ4n) is 1.83. The number of ether oxygens (including phenoxy) is 1. The number of carbonyl (C=O) groups excluding carboxylic acids is 2. The number of anilines is 1. The van der Waals surface area contributed by atoms with E-state index in [4.69, 9.17) is 4.74 Å². The van der Waals surface area contributed by atoms with Gasteiger partial charge in [0.05, 0.1) is 0 Å². The molecule has 6 nitrogen and oxygen atoms in total. The molecule has 2 heterocycles. The van der Waals surface area contributed by atoms with Crippen LogP contribution in [0.25, 0.3) is 0 Å². The summed E-state index contributed by atoms with van der Waals surface area (Å²) in [5.74, 6) is -0.128. The summed E-state index contributed by atoms with van der Waals surface area (Å²) in [7, 11) is 0. The number of nitrogens with zero attached hydrogens (tertiary/aromatic N) is 3. The van der Waals surface area contributed by atoms with Gasteiger partial charge < -0.3 is 4.74 Å². The lowest BCUT2D eigenvalue weighted by Crippen LogP contribution is -2.53. The lowest BCUT2D eigenvalue weighted by atomic mass is 10.2. The maximum atomic E-state index is 12.1. The lowest BCUT2D eigenvalue weighted by molar-refractivity contribution is -0.121. The number of aromatic nitrogens is 1. The van der Waals surface area contributed by atoms with Crippen molar-refractivity contribution in [1.29, 1.82) is 0 Å². The average Bonchev–Trinajstić information content (AvgIpc) is 2.73. The summed E-state index contributed by atoms with van der Waals surface area (Å²) < 4.78 is 5.27. The monoisotopic (exact) mass is 297 g/mol. The normalized spacial score (nSPS) is 16.5. The fourth-order valence-corrected chi connectivity index (χ4v) is 2.63. The van der Waals surface area contributed by atoms with Gasteiger partial charge in [-0.25, -0.2) is 9.78 Å². The maximum absolute atomic E-state index is 12.1. The quantitative estimate of drug-likeness (QED) is 0.795. The van der Waals surface area contributed by atoms with E-state index in [1.807, 2.05) is 6.92 Å². The third kappa shape index (κ3) is 3.47. The Morgan fingerprint density at radius 2 is 2.10 bits per heavy atom. The molecule has 0 radical (unpaired) electrons. The fraction of sp³-hybridized carbons (Fsp3) is 0.615. The molecule has 1 saturated heterocycles. The van der Waals surface area contributed by atoms with Crippen molar-refractivity contribution in [2.24, 2.45) is 0 Å². The number of rotatable bonds is 1. The average molecular weight is 297 g/mol. The van der Waals surface area contributed by atoms with Gasteiger partial charge in [0.1, 0.15) is 12.1 Å². The van der Waals surface area contributed by atoms with Gasteiger partial charge >= 0.3 is 6.09 Å². The largest absolute Gasteiger partial charge is 0.444 e. The summed E-state index contributed by atoms with van der Waals surface area (Å²) in [6, 6.07) is 0. The van der Waals surface area contributed by atoms with Crippen LogP contribution in [0, 0.1) is 6.92 Å². The highest BCUT2D eigenvalue weighted by Crippen LogP contribution is 2.23. The second-order valence-electron chi connectivity index (χ2n) is 5.70. The molecule has 20 heavy (non-hydrogen) atoms. The first-order valence-corrected chi connectivity index (χ1v) is 7.28. The number of hydrogen-bond donors (Lipinski definition) is 0. The Bertz CT molecular complexity index is 521. The number of carbonyl (C=O) groups is 2. The molecule has 1 aromatic rings. The van der Waals surface area contributed by atoms with E-state index in [2.05, 4.69) is 4.98 Å². The Balaban J connectivity index is 1.99. The van der Waals surface area contributed by atoms with Crippen molar-refractivity contribution >= 4 is 28.5 Å². The molecular formula is C13H19N3O3S. The number of hydrogen-bond acceptors (Lipinski definition) is 5. The zero-order valence-corrected chi connectivity index (χ0v) is 13.0. The predicted octanol–water partition coefficient (Wildman–Crippen LogP) is 2.04. The van der Waals surface area contributed by atoms with Crippen LogP contribution in [-0.4, -0.2) is 47.1 Å². The van der Waals surface area contributed by atoms with E-state index in [1.165, 1.54) is 16.2 Å². The third-order valence-corrected chi connectivity index (χ3v) is 3.65. The highest BCUT2D eigenvalue weighted by Gasteiger charge is 2.31. The molecule has 1 aliphatic heterocycles. The predicted molar refractivity (Wildman–Crippen MR) is 77.0 cm³/mol. The second-order valence-corrected chi connectivity index (χ2v) is 6.91. The minimum atomic E-state index is -0.552. The second kappa shape index (κ2) is 5.40. The molecule has 0 unspecified atom stereocenters. The van der Waals surface area contributed by atoms with Crippen molar-refractivity contribution in [3.63, 3.8) is 0 Å². The Morgan fingerprint density at radius 1 is 1.40 bits per heavy atom. The van der Waals surface area contributed by atoms with Crippen molar-refractivity contribution in [3.05, 3.63) is 11.1 Å². The van der Waals surface area contributed by atoms with E-state index < -0.39 is 11.7 Å². The summed E-state index contributed by atoms with van der Waals surface area (Å²) in [4.78, 5) is 32.4. The first-order chi connectivity index (χ1) is 9.26. The molecule has 0 spiro atoms. The van der Waals surface area contributed by atoms with E-state index in [0.717, 1.165) is 4.88 Å². The Hall–Kier alpha value is -1.63. The van der Waals surface area contributed by atoms with E-state index in [0.29, 0.717) is 18.2 Å². The van der Waals surface area contributed by atoms with Crippen molar-refractivity contribution in [3.8, 4) is 0 Å². The first-order valence-electron chi connectivity index (χ1n) is 6.47. The van der Waals surface area contributed by atoms with Crippen molar-refractivity contribution in [2.75, 3.05) is 24.5 Å². The standard InChI is InChI=1S/C13H19N3O3S/c1-9-7-14-11(20-9)16-6-5-15(8-10(16)17)12(18)19-13(2,3)4/h7H,5-6,8H2,1-4H3. The summed E-state index contributed by atoms with van der Waals surface area (Å²) in [6.07, 6.45) is 1.30. The van der Waals surface area contributed by atoms with Crippen LogP contribution in [0.3, 0.4) is 0 Å². The van der Waals surface area contributed by atoms with Gasteiger partial charge in [-0.2, -0.15) is 0 Å².